The van der Waals surface area contributed by atoms with Crippen molar-refractivity contribution in [1.29, 1.82) is 0 Å². The Hall–Kier alpha value is -2.37. The first-order valence-corrected chi connectivity index (χ1v) is 11.2. The summed E-state index contributed by atoms with van der Waals surface area (Å²) < 4.78 is 15.9. The molecule has 0 aliphatic heterocycles. The fourth-order valence-electron chi connectivity index (χ4n) is 2.81. The first kappa shape index (κ1) is 25.7. The maximum absolute atomic E-state index is 12.6. The van der Waals surface area contributed by atoms with Crippen molar-refractivity contribution in [3.05, 3.63) is 34.9 Å². The lowest BCUT2D eigenvalue weighted by Crippen LogP contribution is -2.17. The van der Waals surface area contributed by atoms with Gasteiger partial charge in [0.25, 0.3) is 0 Å². The molecule has 0 saturated heterocycles. The van der Waals surface area contributed by atoms with Crippen LogP contribution in [0.3, 0.4) is 0 Å². The number of hydrogen-bond donors (Lipinski definition) is 0. The molecule has 6 heteroatoms. The molecule has 0 fully saturated rings. The third-order valence-electron chi connectivity index (χ3n) is 4.64. The van der Waals surface area contributed by atoms with Crippen molar-refractivity contribution in [2.75, 3.05) is 19.8 Å². The Kier molecular flexibility index (Phi) is 13.2. The summed E-state index contributed by atoms with van der Waals surface area (Å²) in [5.74, 6) is -1.74. The number of carbonyl (C=O) groups is 3. The van der Waals surface area contributed by atoms with E-state index in [1.165, 1.54) is 18.2 Å². The van der Waals surface area contributed by atoms with Crippen molar-refractivity contribution in [1.82, 2.24) is 0 Å². The van der Waals surface area contributed by atoms with Gasteiger partial charge in [-0.25, -0.2) is 14.4 Å². The summed E-state index contributed by atoms with van der Waals surface area (Å²) in [5.41, 5.74) is 0.360. The summed E-state index contributed by atoms with van der Waals surface area (Å²) in [6.45, 7) is 7.08. The van der Waals surface area contributed by atoms with Gasteiger partial charge in [-0.3, -0.25) is 0 Å². The number of unbranched alkanes of at least 4 members (excludes halogenated alkanes) is 6. The Morgan fingerprint density at radius 1 is 0.600 bits per heavy atom. The molecule has 0 saturated carbocycles. The highest BCUT2D eigenvalue weighted by atomic mass is 16.5. The molecule has 0 amide bonds. The van der Waals surface area contributed by atoms with Crippen LogP contribution in [0.4, 0.5) is 0 Å². The minimum atomic E-state index is -0.632. The van der Waals surface area contributed by atoms with Gasteiger partial charge in [0.1, 0.15) is 0 Å². The van der Waals surface area contributed by atoms with Crippen LogP contribution >= 0.6 is 0 Å². The molecule has 0 aliphatic carbocycles. The average Bonchev–Trinajstić information content (AvgIpc) is 2.76. The van der Waals surface area contributed by atoms with Gasteiger partial charge in [-0.15, -0.1) is 0 Å². The normalized spacial score (nSPS) is 10.5. The number of ether oxygens (including phenoxy) is 3. The number of carbonyl (C=O) groups excluding carboxylic acids is 3. The molecule has 0 N–H and O–H groups in total. The zero-order valence-corrected chi connectivity index (χ0v) is 18.7. The minimum Gasteiger partial charge on any atom is -0.462 e. The van der Waals surface area contributed by atoms with Crippen LogP contribution < -0.4 is 0 Å². The van der Waals surface area contributed by atoms with Gasteiger partial charge in [-0.1, -0.05) is 59.3 Å². The van der Waals surface area contributed by atoms with E-state index in [0.717, 1.165) is 57.8 Å². The second-order valence-corrected chi connectivity index (χ2v) is 7.29. The Balaban J connectivity index is 2.92. The lowest BCUT2D eigenvalue weighted by molar-refractivity contribution is 0.0448. The first-order chi connectivity index (χ1) is 14.5. The molecule has 6 nitrogen and oxygen atoms in total. The molecule has 1 rings (SSSR count). The summed E-state index contributed by atoms with van der Waals surface area (Å²) in [6, 6.07) is 4.29. The highest BCUT2D eigenvalue weighted by molar-refractivity contribution is 6.05. The molecule has 30 heavy (non-hydrogen) atoms. The van der Waals surface area contributed by atoms with Crippen LogP contribution in [-0.2, 0) is 14.2 Å². The van der Waals surface area contributed by atoms with Crippen molar-refractivity contribution in [3.8, 4) is 0 Å². The molecule has 0 heterocycles. The highest BCUT2D eigenvalue weighted by Crippen LogP contribution is 2.17. The van der Waals surface area contributed by atoms with E-state index in [-0.39, 0.29) is 23.3 Å². The second kappa shape index (κ2) is 15.5. The molecule has 0 aromatic heterocycles. The maximum Gasteiger partial charge on any atom is 0.339 e. The largest absolute Gasteiger partial charge is 0.462 e. The summed E-state index contributed by atoms with van der Waals surface area (Å²) in [6.07, 6.45) is 8.24. The topological polar surface area (TPSA) is 78.9 Å². The van der Waals surface area contributed by atoms with E-state index in [4.69, 9.17) is 14.2 Å². The van der Waals surface area contributed by atoms with Crippen molar-refractivity contribution >= 4 is 17.9 Å². The third kappa shape index (κ3) is 9.42. The fourth-order valence-corrected chi connectivity index (χ4v) is 2.81. The SMILES string of the molecule is CCCCCOC(=O)c1ccc(C(=O)OCCCCC)c(C(=O)OCCCCC)c1. The zero-order valence-electron chi connectivity index (χ0n) is 18.7. The summed E-state index contributed by atoms with van der Waals surface area (Å²) >= 11 is 0. The van der Waals surface area contributed by atoms with E-state index < -0.39 is 17.9 Å². The predicted octanol–water partition coefficient (Wildman–Crippen LogP) is 5.73. The van der Waals surface area contributed by atoms with Gasteiger partial charge in [0.05, 0.1) is 36.5 Å². The number of hydrogen-bond acceptors (Lipinski definition) is 6. The smallest absolute Gasteiger partial charge is 0.339 e. The fraction of sp³-hybridized carbons (Fsp3) is 0.625. The van der Waals surface area contributed by atoms with Gasteiger partial charge in [0.15, 0.2) is 0 Å². The monoisotopic (exact) mass is 420 g/mol. The molecule has 0 bridgehead atoms. The molecule has 168 valence electrons. The van der Waals surface area contributed by atoms with E-state index in [9.17, 15) is 14.4 Å². The summed E-state index contributed by atoms with van der Waals surface area (Å²) in [5, 5.41) is 0. The van der Waals surface area contributed by atoms with Crippen LogP contribution in [0.5, 0.6) is 0 Å². The zero-order chi connectivity index (χ0) is 22.2. The first-order valence-electron chi connectivity index (χ1n) is 11.2. The Labute approximate surface area is 180 Å². The van der Waals surface area contributed by atoms with Gasteiger partial charge in [-0.2, -0.15) is 0 Å². The molecular formula is C24H36O6. The van der Waals surface area contributed by atoms with Crippen molar-refractivity contribution < 1.29 is 28.6 Å². The van der Waals surface area contributed by atoms with E-state index in [1.807, 2.05) is 0 Å². The van der Waals surface area contributed by atoms with Gasteiger partial charge in [0.2, 0.25) is 0 Å². The lowest BCUT2D eigenvalue weighted by Gasteiger charge is -2.12. The predicted molar refractivity (Wildman–Crippen MR) is 116 cm³/mol. The van der Waals surface area contributed by atoms with Crippen LogP contribution in [-0.4, -0.2) is 37.7 Å². The van der Waals surface area contributed by atoms with E-state index in [2.05, 4.69) is 20.8 Å². The Bertz CT molecular complexity index is 668. The second-order valence-electron chi connectivity index (χ2n) is 7.29. The van der Waals surface area contributed by atoms with E-state index in [1.54, 1.807) is 0 Å². The Morgan fingerprint density at radius 2 is 1.03 bits per heavy atom. The summed E-state index contributed by atoms with van der Waals surface area (Å²) in [7, 11) is 0. The molecular weight excluding hydrogens is 384 g/mol. The van der Waals surface area contributed by atoms with Gasteiger partial charge < -0.3 is 14.2 Å². The van der Waals surface area contributed by atoms with Gasteiger partial charge in [-0.05, 0) is 37.5 Å². The van der Waals surface area contributed by atoms with E-state index in [0.29, 0.717) is 13.2 Å². The highest BCUT2D eigenvalue weighted by Gasteiger charge is 2.22. The van der Waals surface area contributed by atoms with Crippen molar-refractivity contribution in [3.63, 3.8) is 0 Å². The molecule has 1 aromatic carbocycles. The van der Waals surface area contributed by atoms with Crippen LogP contribution in [0.15, 0.2) is 18.2 Å². The summed E-state index contributed by atoms with van der Waals surface area (Å²) in [4.78, 5) is 37.4. The average molecular weight is 421 g/mol. The van der Waals surface area contributed by atoms with E-state index >= 15 is 0 Å². The molecule has 0 radical (unpaired) electrons. The number of rotatable bonds is 15. The van der Waals surface area contributed by atoms with Crippen molar-refractivity contribution in [2.24, 2.45) is 0 Å². The maximum atomic E-state index is 12.6. The molecule has 1 aromatic rings. The number of benzene rings is 1. The molecule has 0 atom stereocenters. The molecule has 0 unspecified atom stereocenters. The van der Waals surface area contributed by atoms with Crippen LogP contribution in [0.25, 0.3) is 0 Å². The quantitative estimate of drug-likeness (QED) is 0.205. The van der Waals surface area contributed by atoms with Crippen LogP contribution in [0, 0.1) is 0 Å². The number of esters is 3. The lowest BCUT2D eigenvalue weighted by atomic mass is 10.0. The molecule has 0 aliphatic rings. The van der Waals surface area contributed by atoms with Gasteiger partial charge in [0, 0.05) is 0 Å². The third-order valence-corrected chi connectivity index (χ3v) is 4.64. The molecule has 0 spiro atoms. The Morgan fingerprint density at radius 3 is 1.50 bits per heavy atom. The van der Waals surface area contributed by atoms with Crippen LogP contribution in [0.1, 0.15) is 110 Å². The van der Waals surface area contributed by atoms with Gasteiger partial charge >= 0.3 is 17.9 Å². The standard InChI is InChI=1S/C24H36O6/c1-4-7-10-15-28-22(25)19-13-14-20(23(26)29-16-11-8-5-2)21(18-19)24(27)30-17-12-9-6-3/h13-14,18H,4-12,15-17H2,1-3H3. The van der Waals surface area contributed by atoms with Crippen molar-refractivity contribution in [2.45, 2.75) is 78.6 Å². The van der Waals surface area contributed by atoms with Crippen LogP contribution in [0.2, 0.25) is 0 Å². The minimum absolute atomic E-state index is 0.0370.